The number of benzene rings is 1. The number of nitrogens with zero attached hydrogens (tertiary/aromatic N) is 3. The van der Waals surface area contributed by atoms with E-state index in [0.717, 1.165) is 9.13 Å². The minimum Gasteiger partial charge on any atom is -0.481 e. The smallest absolute Gasteiger partial charge is 0.254 e. The van der Waals surface area contributed by atoms with Crippen LogP contribution < -0.4 is 10.1 Å². The van der Waals surface area contributed by atoms with Gasteiger partial charge in [-0.2, -0.15) is 0 Å². The molecule has 0 spiro atoms. The molecule has 1 fully saturated rings. The first-order valence-electron chi connectivity index (χ1n) is 9.57. The number of hydrogen-bond acceptors (Lipinski definition) is 6. The van der Waals surface area contributed by atoms with E-state index in [1.165, 1.54) is 12.0 Å². The zero-order valence-electron chi connectivity index (χ0n) is 16.9. The Hall–Kier alpha value is -2.24. The van der Waals surface area contributed by atoms with Gasteiger partial charge in [-0.05, 0) is 59.3 Å². The molecule has 2 amide bonds. The molecule has 2 N–H and O–H groups in total. The molecule has 3 heterocycles. The molecule has 2 aromatic rings. The number of halogens is 1. The number of fused-ring (bicyclic) bond motifs is 1. The second-order valence-electron chi connectivity index (χ2n) is 7.71. The minimum atomic E-state index is -1.36. The van der Waals surface area contributed by atoms with Gasteiger partial charge in [-0.15, -0.1) is 0 Å². The highest BCUT2D eigenvalue weighted by molar-refractivity contribution is 14.1. The van der Waals surface area contributed by atoms with E-state index < -0.39 is 17.7 Å². The molecule has 1 saturated heterocycles. The molecule has 1 unspecified atom stereocenters. The quantitative estimate of drug-likeness (QED) is 0.591. The lowest BCUT2D eigenvalue weighted by Crippen LogP contribution is -2.57. The Balaban J connectivity index is 2.03. The fraction of sp³-hybridized carbons (Fsp3) is 0.381. The van der Waals surface area contributed by atoms with E-state index in [1.54, 1.807) is 37.3 Å². The van der Waals surface area contributed by atoms with Crippen molar-refractivity contribution in [2.75, 3.05) is 33.1 Å². The van der Waals surface area contributed by atoms with Crippen molar-refractivity contribution in [2.24, 2.45) is 0 Å². The number of pyridine rings is 1. The number of hydrogen-bond donors (Lipinski definition) is 2. The predicted molar refractivity (Wildman–Crippen MR) is 119 cm³/mol. The molecule has 0 saturated carbocycles. The van der Waals surface area contributed by atoms with Crippen LogP contribution in [0.5, 0.6) is 5.88 Å². The van der Waals surface area contributed by atoms with Gasteiger partial charge in [0.15, 0.2) is 5.54 Å². The van der Waals surface area contributed by atoms with Crippen LogP contribution in [-0.4, -0.2) is 71.6 Å². The van der Waals surface area contributed by atoms with Crippen molar-refractivity contribution in [3.63, 3.8) is 0 Å². The summed E-state index contributed by atoms with van der Waals surface area (Å²) in [4.78, 5) is 34.4. The maximum atomic E-state index is 13.7. The summed E-state index contributed by atoms with van der Waals surface area (Å²) in [5, 5.41) is 13.5. The number of carbonyl (C=O) groups is 2. The number of β-amino-alcohol motifs (C(OH)–C–C–N with tert-alkyl or cyclic N) is 1. The third-order valence-electron chi connectivity index (χ3n) is 5.74. The molecule has 1 aromatic carbocycles. The number of ether oxygens (including phenoxy) is 1. The molecule has 9 heteroatoms. The van der Waals surface area contributed by atoms with Gasteiger partial charge in [0.1, 0.15) is 0 Å². The van der Waals surface area contributed by atoms with E-state index in [9.17, 15) is 14.7 Å². The summed E-state index contributed by atoms with van der Waals surface area (Å²) in [6, 6.07) is 8.57. The van der Waals surface area contributed by atoms with Gasteiger partial charge in [0.2, 0.25) is 11.8 Å². The molecular weight excluding hydrogens is 499 g/mol. The van der Waals surface area contributed by atoms with Gasteiger partial charge < -0.3 is 20.1 Å². The number of aliphatic hydroxyl groups is 1. The van der Waals surface area contributed by atoms with E-state index in [0.29, 0.717) is 17.1 Å². The number of aliphatic hydroxyl groups excluding tert-OH is 1. The van der Waals surface area contributed by atoms with Crippen molar-refractivity contribution in [1.82, 2.24) is 14.8 Å². The topological polar surface area (TPSA) is 95.0 Å². The summed E-state index contributed by atoms with van der Waals surface area (Å²) in [6.45, 7) is 0.167. The lowest BCUT2D eigenvalue weighted by molar-refractivity contribution is -0.138. The van der Waals surface area contributed by atoms with Crippen LogP contribution in [-0.2, 0) is 15.1 Å². The van der Waals surface area contributed by atoms with Gasteiger partial charge in [-0.1, -0.05) is 0 Å². The van der Waals surface area contributed by atoms with Crippen molar-refractivity contribution in [1.29, 1.82) is 0 Å². The van der Waals surface area contributed by atoms with E-state index in [1.807, 2.05) is 18.2 Å². The Labute approximate surface area is 188 Å². The third kappa shape index (κ3) is 3.07. The molecule has 158 valence electrons. The number of carbonyl (C=O) groups excluding carboxylic acids is 2. The van der Waals surface area contributed by atoms with Gasteiger partial charge in [0.05, 0.1) is 19.3 Å². The number of anilines is 1. The van der Waals surface area contributed by atoms with Crippen molar-refractivity contribution in [2.45, 2.75) is 24.1 Å². The summed E-state index contributed by atoms with van der Waals surface area (Å²) < 4.78 is 6.48. The fourth-order valence-corrected chi connectivity index (χ4v) is 5.00. The van der Waals surface area contributed by atoms with Crippen LogP contribution in [0.1, 0.15) is 17.5 Å². The maximum Gasteiger partial charge on any atom is 0.254 e. The Morgan fingerprint density at radius 3 is 2.83 bits per heavy atom. The Kier molecular flexibility index (Phi) is 5.45. The van der Waals surface area contributed by atoms with Crippen LogP contribution in [0, 0.1) is 3.57 Å². The van der Waals surface area contributed by atoms with Crippen LogP contribution in [0.15, 0.2) is 36.5 Å². The average molecular weight is 522 g/mol. The largest absolute Gasteiger partial charge is 0.481 e. The van der Waals surface area contributed by atoms with Crippen molar-refractivity contribution < 1.29 is 19.4 Å². The minimum absolute atomic E-state index is 0.166. The molecule has 3 atom stereocenters. The zero-order chi connectivity index (χ0) is 21.6. The molecule has 0 bridgehead atoms. The first kappa shape index (κ1) is 21.0. The summed E-state index contributed by atoms with van der Waals surface area (Å²) in [6.07, 6.45) is 1.10. The molecule has 30 heavy (non-hydrogen) atoms. The molecule has 8 nitrogen and oxygen atoms in total. The SMILES string of the molecule is COc1ncccc1C1(N2C[C@H](O)C[C@H]2C(=O)N(C)C)C(=O)Nc2ccc(I)cc21. The molecule has 4 rings (SSSR count). The molecular formula is C21H23IN4O4. The van der Waals surface area contributed by atoms with Crippen LogP contribution in [0.25, 0.3) is 0 Å². The van der Waals surface area contributed by atoms with Gasteiger partial charge in [0, 0.05) is 47.2 Å². The zero-order valence-corrected chi connectivity index (χ0v) is 19.1. The summed E-state index contributed by atoms with van der Waals surface area (Å²) in [5.74, 6) is -0.158. The van der Waals surface area contributed by atoms with E-state index in [4.69, 9.17) is 4.74 Å². The van der Waals surface area contributed by atoms with Crippen molar-refractivity contribution in [3.8, 4) is 5.88 Å². The second kappa shape index (κ2) is 7.78. The first-order valence-corrected chi connectivity index (χ1v) is 10.7. The predicted octanol–water partition coefficient (Wildman–Crippen LogP) is 1.41. The standard InChI is InChI=1S/C21H23IN4O4/c1-25(2)19(28)17-10-13(27)11-26(17)21(14-5-4-8-23-18(14)30-3)15-9-12(22)6-7-16(15)24-20(21)29/h4-9,13,17,27H,10-11H2,1-3H3,(H,24,29)/t13-,17+,21?/m1/s1. The van der Waals surface area contributed by atoms with Gasteiger partial charge in [-0.25, -0.2) is 4.98 Å². The number of amides is 2. The lowest BCUT2D eigenvalue weighted by Gasteiger charge is -2.41. The van der Waals surface area contributed by atoms with E-state index in [-0.39, 0.29) is 24.8 Å². The Morgan fingerprint density at radius 1 is 1.37 bits per heavy atom. The molecule has 2 aliphatic rings. The number of aromatic nitrogens is 1. The van der Waals surface area contributed by atoms with Gasteiger partial charge >= 0.3 is 0 Å². The van der Waals surface area contributed by atoms with Crippen LogP contribution in [0.3, 0.4) is 0 Å². The Bertz CT molecular complexity index is 1010. The highest BCUT2D eigenvalue weighted by Crippen LogP contribution is 2.50. The summed E-state index contributed by atoms with van der Waals surface area (Å²) in [5.41, 5.74) is 0.570. The Morgan fingerprint density at radius 2 is 2.13 bits per heavy atom. The third-order valence-corrected chi connectivity index (χ3v) is 6.41. The van der Waals surface area contributed by atoms with Crippen LogP contribution >= 0.6 is 22.6 Å². The van der Waals surface area contributed by atoms with Crippen LogP contribution in [0.2, 0.25) is 0 Å². The maximum absolute atomic E-state index is 13.7. The number of likely N-dealkylation sites (tertiary alicyclic amines) is 1. The second-order valence-corrected chi connectivity index (χ2v) is 8.95. The molecule has 0 aliphatic carbocycles. The molecule has 1 aromatic heterocycles. The highest BCUT2D eigenvalue weighted by atomic mass is 127. The number of likely N-dealkylation sites (N-methyl/N-ethyl adjacent to an activating group) is 1. The highest BCUT2D eigenvalue weighted by Gasteiger charge is 2.59. The first-order chi connectivity index (χ1) is 14.3. The monoisotopic (exact) mass is 522 g/mol. The lowest BCUT2D eigenvalue weighted by atomic mass is 9.81. The molecule has 0 radical (unpaired) electrons. The number of methoxy groups -OCH3 is 1. The summed E-state index contributed by atoms with van der Waals surface area (Å²) in [7, 11) is 4.85. The molecule has 2 aliphatic heterocycles. The van der Waals surface area contributed by atoms with E-state index in [2.05, 4.69) is 32.9 Å². The van der Waals surface area contributed by atoms with Crippen molar-refractivity contribution >= 4 is 40.1 Å². The van der Waals surface area contributed by atoms with Gasteiger partial charge in [0.25, 0.3) is 5.91 Å². The fourth-order valence-electron chi connectivity index (χ4n) is 4.51. The number of rotatable bonds is 4. The van der Waals surface area contributed by atoms with E-state index >= 15 is 0 Å². The number of nitrogens with one attached hydrogen (secondary N) is 1. The van der Waals surface area contributed by atoms with Crippen molar-refractivity contribution in [3.05, 3.63) is 51.2 Å². The normalized spacial score (nSPS) is 25.7. The van der Waals surface area contributed by atoms with Gasteiger partial charge in [-0.3, -0.25) is 14.5 Å². The average Bonchev–Trinajstić information content (AvgIpc) is 3.24. The van der Waals surface area contributed by atoms with Crippen LogP contribution in [0.4, 0.5) is 5.69 Å². The summed E-state index contributed by atoms with van der Waals surface area (Å²) >= 11 is 2.20.